The van der Waals surface area contributed by atoms with E-state index >= 15 is 0 Å². The van der Waals surface area contributed by atoms with Crippen molar-refractivity contribution in [3.05, 3.63) is 84.7 Å². The normalized spacial score (nSPS) is 10.9. The molecular weight excluding hydrogens is 327 g/mol. The van der Waals surface area contributed by atoms with Gasteiger partial charge in [0, 0.05) is 22.7 Å². The Kier molecular flexibility index (Phi) is 5.02. The lowest BCUT2D eigenvalue weighted by Crippen LogP contribution is -1.94. The van der Waals surface area contributed by atoms with Crippen LogP contribution in [0.5, 0.6) is 0 Å². The fourth-order valence-electron chi connectivity index (χ4n) is 1.97. The van der Waals surface area contributed by atoms with Crippen LogP contribution >= 0.6 is 11.6 Å². The molecule has 0 aromatic heterocycles. The molecule has 0 unspecified atom stereocenters. The molecule has 0 radical (unpaired) electrons. The van der Waals surface area contributed by atoms with Crippen molar-refractivity contribution in [3.63, 3.8) is 0 Å². The quantitative estimate of drug-likeness (QED) is 0.592. The third-order valence-electron chi connectivity index (χ3n) is 3.06. The Balaban J connectivity index is 2.21. The van der Waals surface area contributed by atoms with E-state index in [0.29, 0.717) is 11.1 Å². The van der Waals surface area contributed by atoms with Gasteiger partial charge in [-0.25, -0.2) is 0 Å². The smallest absolute Gasteiger partial charge is 0.258 e. The Bertz CT molecular complexity index is 808. The zero-order valence-corrected chi connectivity index (χ0v) is 12.4. The number of rotatable bonds is 5. The van der Waals surface area contributed by atoms with E-state index in [1.165, 1.54) is 24.3 Å². The Morgan fingerprint density at radius 3 is 2.39 bits per heavy atom. The second-order valence-corrected chi connectivity index (χ2v) is 5.04. The van der Waals surface area contributed by atoms with Gasteiger partial charge in [-0.15, -0.1) is 0 Å². The summed E-state index contributed by atoms with van der Waals surface area (Å²) in [5, 5.41) is 21.9. The van der Waals surface area contributed by atoms with Crippen molar-refractivity contribution in [2.45, 2.75) is 6.42 Å². The third-order valence-corrected chi connectivity index (χ3v) is 3.29. The van der Waals surface area contributed by atoms with Crippen molar-refractivity contribution < 1.29 is 14.2 Å². The first-order chi connectivity index (χ1) is 10.9. The summed E-state index contributed by atoms with van der Waals surface area (Å²) in [7, 11) is 0. The number of nitro groups is 2. The highest BCUT2D eigenvalue weighted by Gasteiger charge is 2.14. The molecule has 0 amide bonds. The first-order valence-electron chi connectivity index (χ1n) is 6.42. The number of benzene rings is 2. The molecule has 2 rings (SSSR count). The Hall–Kier alpha value is -2.80. The van der Waals surface area contributed by atoms with Crippen molar-refractivity contribution in [3.8, 4) is 0 Å². The van der Waals surface area contributed by atoms with Crippen molar-refractivity contribution in [1.82, 2.24) is 0 Å². The molecule has 0 heterocycles. The summed E-state index contributed by atoms with van der Waals surface area (Å²) < 4.78 is 13.2. The molecule has 6 nitrogen and oxygen atoms in total. The van der Waals surface area contributed by atoms with Crippen molar-refractivity contribution in [2.75, 3.05) is 0 Å². The largest absolute Gasteiger partial charge is 0.305 e. The highest BCUT2D eigenvalue weighted by Crippen LogP contribution is 2.24. The van der Waals surface area contributed by atoms with Crippen molar-refractivity contribution >= 4 is 29.1 Å². The third kappa shape index (κ3) is 4.10. The Labute approximate surface area is 135 Å². The number of nitro benzene ring substituents is 2. The second-order valence-electron chi connectivity index (χ2n) is 4.60. The average Bonchev–Trinajstić information content (AvgIpc) is 2.49. The van der Waals surface area contributed by atoms with Gasteiger partial charge in [-0.2, -0.15) is 4.39 Å². The molecule has 0 saturated heterocycles. The zero-order chi connectivity index (χ0) is 17.0. The summed E-state index contributed by atoms with van der Waals surface area (Å²) in [5.41, 5.74) is 0.152. The highest BCUT2D eigenvalue weighted by molar-refractivity contribution is 6.30. The van der Waals surface area contributed by atoms with E-state index in [2.05, 4.69) is 0 Å². The first-order valence-corrected chi connectivity index (χ1v) is 6.79. The van der Waals surface area contributed by atoms with Gasteiger partial charge in [-0.3, -0.25) is 20.2 Å². The number of nitrogens with zero attached hydrogens (tertiary/aromatic N) is 2. The summed E-state index contributed by atoms with van der Waals surface area (Å²) in [6.07, 6.45) is 3.37. The van der Waals surface area contributed by atoms with Gasteiger partial charge < -0.3 is 0 Å². The summed E-state index contributed by atoms with van der Waals surface area (Å²) in [6, 6.07) is 7.83. The predicted octanol–water partition coefficient (Wildman–Crippen LogP) is 4.55. The van der Waals surface area contributed by atoms with Crippen LogP contribution in [0.1, 0.15) is 11.1 Å². The van der Waals surface area contributed by atoms with Gasteiger partial charge in [0.1, 0.15) is 0 Å². The predicted molar refractivity (Wildman–Crippen MR) is 83.9 cm³/mol. The van der Waals surface area contributed by atoms with E-state index < -0.39 is 21.4 Å². The Morgan fingerprint density at radius 1 is 1.04 bits per heavy atom. The maximum atomic E-state index is 13.2. The molecule has 0 saturated carbocycles. The van der Waals surface area contributed by atoms with Crippen LogP contribution in [0.2, 0.25) is 5.02 Å². The van der Waals surface area contributed by atoms with E-state index in [-0.39, 0.29) is 17.1 Å². The molecule has 8 heteroatoms. The highest BCUT2D eigenvalue weighted by atomic mass is 35.5. The minimum atomic E-state index is -0.916. The van der Waals surface area contributed by atoms with Gasteiger partial charge in [-0.1, -0.05) is 35.9 Å². The van der Waals surface area contributed by atoms with E-state index in [4.69, 9.17) is 11.6 Å². The zero-order valence-electron chi connectivity index (χ0n) is 11.6. The topological polar surface area (TPSA) is 86.3 Å². The standard InChI is InChI=1S/C15H10ClFN2O4/c16-12-6-5-11(14(9-12)18(20)21)3-1-2-10-4-7-13(17)15(8-10)19(22)23/h1-2,4-9H,3H2/b2-1+. The molecular formula is C15H10ClFN2O4. The lowest BCUT2D eigenvalue weighted by Gasteiger charge is -2.00. The van der Waals surface area contributed by atoms with E-state index in [1.54, 1.807) is 12.1 Å². The molecule has 0 aliphatic rings. The Morgan fingerprint density at radius 2 is 1.74 bits per heavy atom. The second kappa shape index (κ2) is 6.97. The van der Waals surface area contributed by atoms with Crippen LogP contribution < -0.4 is 0 Å². The van der Waals surface area contributed by atoms with E-state index in [9.17, 15) is 24.6 Å². The minimum absolute atomic E-state index is 0.104. The van der Waals surface area contributed by atoms with Crippen LogP contribution in [0.4, 0.5) is 15.8 Å². The fourth-order valence-corrected chi connectivity index (χ4v) is 2.14. The lowest BCUT2D eigenvalue weighted by atomic mass is 10.1. The molecule has 2 aromatic carbocycles. The van der Waals surface area contributed by atoms with Crippen LogP contribution in [0.25, 0.3) is 6.08 Å². The van der Waals surface area contributed by atoms with Crippen LogP contribution in [-0.4, -0.2) is 9.85 Å². The summed E-state index contributed by atoms with van der Waals surface area (Å²) in [5.74, 6) is -0.916. The monoisotopic (exact) mass is 336 g/mol. The summed E-state index contributed by atoms with van der Waals surface area (Å²) in [4.78, 5) is 20.3. The number of halogens is 2. The lowest BCUT2D eigenvalue weighted by molar-refractivity contribution is -0.387. The molecule has 0 N–H and O–H groups in total. The maximum Gasteiger partial charge on any atom is 0.305 e. The molecule has 0 atom stereocenters. The van der Waals surface area contributed by atoms with Gasteiger partial charge in [0.2, 0.25) is 5.82 Å². The first kappa shape index (κ1) is 16.6. The van der Waals surface area contributed by atoms with E-state index in [0.717, 1.165) is 12.1 Å². The van der Waals surface area contributed by atoms with Crippen molar-refractivity contribution in [2.24, 2.45) is 0 Å². The number of hydrogen-bond donors (Lipinski definition) is 0. The van der Waals surface area contributed by atoms with Gasteiger partial charge >= 0.3 is 5.69 Å². The van der Waals surface area contributed by atoms with Gasteiger partial charge in [0.05, 0.1) is 9.85 Å². The number of hydrogen-bond acceptors (Lipinski definition) is 4. The minimum Gasteiger partial charge on any atom is -0.258 e. The van der Waals surface area contributed by atoms with Crippen LogP contribution in [0.3, 0.4) is 0 Å². The van der Waals surface area contributed by atoms with Crippen LogP contribution in [0, 0.1) is 26.0 Å². The van der Waals surface area contributed by atoms with Crippen molar-refractivity contribution in [1.29, 1.82) is 0 Å². The molecule has 0 aliphatic carbocycles. The van der Waals surface area contributed by atoms with Gasteiger partial charge in [-0.05, 0) is 24.1 Å². The molecule has 0 aliphatic heterocycles. The van der Waals surface area contributed by atoms with Gasteiger partial charge in [0.15, 0.2) is 0 Å². The molecule has 0 spiro atoms. The van der Waals surface area contributed by atoms with Crippen LogP contribution in [-0.2, 0) is 6.42 Å². The molecule has 2 aromatic rings. The molecule has 23 heavy (non-hydrogen) atoms. The maximum absolute atomic E-state index is 13.2. The molecule has 0 fully saturated rings. The van der Waals surface area contributed by atoms with E-state index in [1.807, 2.05) is 0 Å². The SMILES string of the molecule is O=[N+]([O-])c1cc(/C=C/Cc2ccc(Cl)cc2[N+](=O)[O-])ccc1F. The molecule has 0 bridgehead atoms. The van der Waals surface area contributed by atoms with Gasteiger partial charge in [0.25, 0.3) is 5.69 Å². The number of allylic oxidation sites excluding steroid dienone is 1. The summed E-state index contributed by atoms with van der Waals surface area (Å²) >= 11 is 5.73. The average molecular weight is 337 g/mol. The summed E-state index contributed by atoms with van der Waals surface area (Å²) in [6.45, 7) is 0. The fraction of sp³-hybridized carbons (Fsp3) is 0.0667. The van der Waals surface area contributed by atoms with Crippen LogP contribution in [0.15, 0.2) is 42.5 Å². The molecule has 118 valence electrons.